The van der Waals surface area contributed by atoms with E-state index >= 15 is 0 Å². The third kappa shape index (κ3) is 5.25. The SMILES string of the molecule is CN(C)C1Cc2ccccc2C(N2CCNCCNCCNCC2)C1. The monoisotopic (exact) mass is 345 g/mol. The standard InChI is InChI=1S/C20H35N5/c1-24(2)18-15-17-5-3-4-6-19(17)20(16-18)25-13-11-22-9-7-21-8-10-23-12-14-25/h3-6,18,20-23H,7-16H2,1-2H3. The van der Waals surface area contributed by atoms with E-state index in [9.17, 15) is 0 Å². The highest BCUT2D eigenvalue weighted by Crippen LogP contribution is 2.35. The zero-order chi connectivity index (χ0) is 17.5. The first-order valence-electron chi connectivity index (χ1n) is 9.86. The summed E-state index contributed by atoms with van der Waals surface area (Å²) >= 11 is 0. The summed E-state index contributed by atoms with van der Waals surface area (Å²) < 4.78 is 0. The Kier molecular flexibility index (Phi) is 7.25. The van der Waals surface area contributed by atoms with Crippen molar-refractivity contribution in [1.82, 2.24) is 25.8 Å². The molecule has 0 spiro atoms. The molecule has 0 bridgehead atoms. The van der Waals surface area contributed by atoms with Gasteiger partial charge in [-0.3, -0.25) is 4.90 Å². The molecule has 1 aromatic carbocycles. The molecule has 1 aliphatic heterocycles. The second-order valence-electron chi connectivity index (χ2n) is 7.56. The first-order chi connectivity index (χ1) is 12.3. The Hall–Kier alpha value is -0.980. The second-order valence-corrected chi connectivity index (χ2v) is 7.56. The van der Waals surface area contributed by atoms with Crippen LogP contribution in [0.15, 0.2) is 24.3 Å². The van der Waals surface area contributed by atoms with Gasteiger partial charge in [0, 0.05) is 64.4 Å². The van der Waals surface area contributed by atoms with Crippen molar-refractivity contribution in [1.29, 1.82) is 0 Å². The van der Waals surface area contributed by atoms with Crippen molar-refractivity contribution in [3.8, 4) is 0 Å². The van der Waals surface area contributed by atoms with Crippen LogP contribution in [0, 0.1) is 0 Å². The number of nitrogens with one attached hydrogen (secondary N) is 3. The van der Waals surface area contributed by atoms with Crippen molar-refractivity contribution in [3.05, 3.63) is 35.4 Å². The molecule has 1 saturated heterocycles. The quantitative estimate of drug-likeness (QED) is 0.736. The van der Waals surface area contributed by atoms with Crippen LogP contribution in [0.1, 0.15) is 23.6 Å². The molecule has 140 valence electrons. The number of hydrogen-bond acceptors (Lipinski definition) is 5. The van der Waals surface area contributed by atoms with Crippen LogP contribution in [-0.2, 0) is 6.42 Å². The fourth-order valence-corrected chi connectivity index (χ4v) is 4.10. The molecule has 5 heteroatoms. The Balaban J connectivity index is 1.75. The fourth-order valence-electron chi connectivity index (χ4n) is 4.10. The number of benzene rings is 1. The van der Waals surface area contributed by atoms with E-state index in [0.717, 1.165) is 52.4 Å². The smallest absolute Gasteiger partial charge is 0.0366 e. The summed E-state index contributed by atoms with van der Waals surface area (Å²) in [5.74, 6) is 0. The minimum absolute atomic E-state index is 0.530. The zero-order valence-corrected chi connectivity index (χ0v) is 15.9. The van der Waals surface area contributed by atoms with Gasteiger partial charge in [-0.2, -0.15) is 0 Å². The van der Waals surface area contributed by atoms with Gasteiger partial charge in [0.05, 0.1) is 0 Å². The molecular formula is C20H35N5. The van der Waals surface area contributed by atoms with Gasteiger partial charge in [0.25, 0.3) is 0 Å². The molecule has 1 aromatic rings. The maximum absolute atomic E-state index is 3.60. The lowest BCUT2D eigenvalue weighted by atomic mass is 9.83. The van der Waals surface area contributed by atoms with Crippen LogP contribution in [0.5, 0.6) is 0 Å². The van der Waals surface area contributed by atoms with Crippen molar-refractivity contribution in [3.63, 3.8) is 0 Å². The lowest BCUT2D eigenvalue weighted by molar-refractivity contribution is 0.137. The molecule has 2 aliphatic rings. The molecule has 3 N–H and O–H groups in total. The summed E-state index contributed by atoms with van der Waals surface area (Å²) in [6, 6.07) is 10.2. The van der Waals surface area contributed by atoms with Crippen LogP contribution in [-0.4, -0.2) is 82.3 Å². The molecule has 1 fully saturated rings. The Morgan fingerprint density at radius 1 is 0.880 bits per heavy atom. The molecule has 2 atom stereocenters. The Labute approximate surface area is 153 Å². The van der Waals surface area contributed by atoms with Gasteiger partial charge in [0.2, 0.25) is 0 Å². The molecule has 0 aromatic heterocycles. The molecular weight excluding hydrogens is 310 g/mol. The molecule has 3 rings (SSSR count). The third-order valence-electron chi connectivity index (χ3n) is 5.64. The normalized spacial score (nSPS) is 27.3. The topological polar surface area (TPSA) is 42.6 Å². The summed E-state index contributed by atoms with van der Waals surface area (Å²) in [7, 11) is 4.45. The van der Waals surface area contributed by atoms with Crippen LogP contribution >= 0.6 is 0 Å². The second kappa shape index (κ2) is 9.64. The summed E-state index contributed by atoms with van der Waals surface area (Å²) in [5.41, 5.74) is 3.09. The number of hydrogen-bond donors (Lipinski definition) is 3. The highest BCUT2D eigenvalue weighted by Gasteiger charge is 2.31. The Morgan fingerprint density at radius 2 is 1.48 bits per heavy atom. The van der Waals surface area contributed by atoms with E-state index in [-0.39, 0.29) is 0 Å². The van der Waals surface area contributed by atoms with Gasteiger partial charge in [0.1, 0.15) is 0 Å². The molecule has 1 heterocycles. The van der Waals surface area contributed by atoms with Gasteiger partial charge in [-0.05, 0) is 38.1 Å². The van der Waals surface area contributed by atoms with E-state index in [1.165, 1.54) is 18.4 Å². The van der Waals surface area contributed by atoms with Gasteiger partial charge in [-0.15, -0.1) is 0 Å². The summed E-state index contributed by atoms with van der Waals surface area (Å²) in [5, 5.41) is 10.7. The Morgan fingerprint density at radius 3 is 2.12 bits per heavy atom. The van der Waals surface area contributed by atoms with Crippen molar-refractivity contribution in [2.45, 2.75) is 24.9 Å². The first kappa shape index (κ1) is 18.8. The minimum atomic E-state index is 0.530. The van der Waals surface area contributed by atoms with Crippen LogP contribution in [0.3, 0.4) is 0 Å². The van der Waals surface area contributed by atoms with Crippen molar-refractivity contribution in [2.75, 3.05) is 66.5 Å². The first-order valence-corrected chi connectivity index (χ1v) is 9.86. The molecule has 0 saturated carbocycles. The molecule has 25 heavy (non-hydrogen) atoms. The summed E-state index contributed by atoms with van der Waals surface area (Å²) in [4.78, 5) is 5.10. The average Bonchev–Trinajstić information content (AvgIpc) is 2.61. The maximum atomic E-state index is 3.60. The van der Waals surface area contributed by atoms with E-state index in [1.807, 2.05) is 0 Å². The fraction of sp³-hybridized carbons (Fsp3) is 0.700. The number of rotatable bonds is 2. The zero-order valence-electron chi connectivity index (χ0n) is 15.9. The van der Waals surface area contributed by atoms with E-state index in [2.05, 4.69) is 64.1 Å². The van der Waals surface area contributed by atoms with Crippen LogP contribution < -0.4 is 16.0 Å². The molecule has 0 amide bonds. The van der Waals surface area contributed by atoms with Crippen molar-refractivity contribution < 1.29 is 0 Å². The predicted octanol–water partition coefficient (Wildman–Crippen LogP) is 0.689. The van der Waals surface area contributed by atoms with Gasteiger partial charge in [-0.1, -0.05) is 24.3 Å². The van der Waals surface area contributed by atoms with Gasteiger partial charge in [0.15, 0.2) is 0 Å². The third-order valence-corrected chi connectivity index (χ3v) is 5.64. The number of nitrogens with zero attached hydrogens (tertiary/aromatic N) is 2. The van der Waals surface area contributed by atoms with Gasteiger partial charge < -0.3 is 20.9 Å². The predicted molar refractivity (Wildman–Crippen MR) is 105 cm³/mol. The van der Waals surface area contributed by atoms with Crippen molar-refractivity contribution >= 4 is 0 Å². The van der Waals surface area contributed by atoms with Crippen LogP contribution in [0.4, 0.5) is 0 Å². The molecule has 2 unspecified atom stereocenters. The molecule has 5 nitrogen and oxygen atoms in total. The number of fused-ring (bicyclic) bond motifs is 1. The summed E-state index contributed by atoms with van der Waals surface area (Å²) in [6.07, 6.45) is 2.40. The van der Waals surface area contributed by atoms with E-state index < -0.39 is 0 Å². The Bertz CT molecular complexity index is 507. The van der Waals surface area contributed by atoms with E-state index in [1.54, 1.807) is 5.56 Å². The highest BCUT2D eigenvalue weighted by molar-refractivity contribution is 5.33. The molecule has 1 aliphatic carbocycles. The highest BCUT2D eigenvalue weighted by atomic mass is 15.2. The van der Waals surface area contributed by atoms with E-state index in [4.69, 9.17) is 0 Å². The van der Waals surface area contributed by atoms with E-state index in [0.29, 0.717) is 12.1 Å². The molecule has 0 radical (unpaired) electrons. The maximum Gasteiger partial charge on any atom is 0.0366 e. The lowest BCUT2D eigenvalue weighted by Crippen LogP contribution is -2.46. The largest absolute Gasteiger partial charge is 0.314 e. The lowest BCUT2D eigenvalue weighted by Gasteiger charge is -2.41. The average molecular weight is 346 g/mol. The summed E-state index contributed by atoms with van der Waals surface area (Å²) in [6.45, 7) is 8.56. The minimum Gasteiger partial charge on any atom is -0.314 e. The van der Waals surface area contributed by atoms with Crippen LogP contribution in [0.25, 0.3) is 0 Å². The van der Waals surface area contributed by atoms with Gasteiger partial charge in [-0.25, -0.2) is 0 Å². The van der Waals surface area contributed by atoms with Crippen molar-refractivity contribution in [2.24, 2.45) is 0 Å². The number of likely N-dealkylation sites (N-methyl/N-ethyl adjacent to an activating group) is 1. The van der Waals surface area contributed by atoms with Gasteiger partial charge >= 0.3 is 0 Å². The van der Waals surface area contributed by atoms with Crippen LogP contribution in [0.2, 0.25) is 0 Å².